The molecule has 0 spiro atoms. The van der Waals surface area contributed by atoms with E-state index < -0.39 is 0 Å². The van der Waals surface area contributed by atoms with Crippen LogP contribution in [0.4, 0.5) is 0 Å². The molecule has 72 valence electrons. The zero-order valence-electron chi connectivity index (χ0n) is 8.38. The van der Waals surface area contributed by atoms with E-state index >= 15 is 0 Å². The van der Waals surface area contributed by atoms with Crippen molar-refractivity contribution in [3.05, 3.63) is 0 Å². The summed E-state index contributed by atoms with van der Waals surface area (Å²) in [6.45, 7) is 5.67. The van der Waals surface area contributed by atoms with Crippen molar-refractivity contribution < 1.29 is 4.74 Å². The Bertz CT molecular complexity index is 116. The summed E-state index contributed by atoms with van der Waals surface area (Å²) >= 11 is 0. The molecule has 0 aromatic rings. The third-order valence-electron chi connectivity index (χ3n) is 2.81. The van der Waals surface area contributed by atoms with Gasteiger partial charge in [-0.25, -0.2) is 0 Å². The molecule has 1 fully saturated rings. The normalized spacial score (nSPS) is 26.0. The predicted molar refractivity (Wildman–Crippen MR) is 51.4 cm³/mol. The van der Waals surface area contributed by atoms with Crippen LogP contribution in [-0.4, -0.2) is 37.7 Å². The summed E-state index contributed by atoms with van der Waals surface area (Å²) in [5.41, 5.74) is 0. The Balaban J connectivity index is 2.26. The van der Waals surface area contributed by atoms with E-state index in [0.717, 1.165) is 12.6 Å². The van der Waals surface area contributed by atoms with Crippen LogP contribution in [0.25, 0.3) is 0 Å². The van der Waals surface area contributed by atoms with E-state index in [1.165, 1.54) is 38.8 Å². The van der Waals surface area contributed by atoms with Gasteiger partial charge in [-0.15, -0.1) is 0 Å². The van der Waals surface area contributed by atoms with Crippen molar-refractivity contribution in [3.8, 4) is 0 Å². The number of hydrogen-bond donors (Lipinski definition) is 0. The number of piperidine rings is 1. The van der Waals surface area contributed by atoms with Crippen molar-refractivity contribution in [1.29, 1.82) is 0 Å². The number of likely N-dealkylation sites (tertiary alicyclic amines) is 1. The molecule has 12 heavy (non-hydrogen) atoms. The molecule has 0 saturated carbocycles. The quantitative estimate of drug-likeness (QED) is 0.640. The Morgan fingerprint density at radius 3 is 2.92 bits per heavy atom. The summed E-state index contributed by atoms with van der Waals surface area (Å²) < 4.78 is 5.11. The molecule has 1 aliphatic heterocycles. The smallest absolute Gasteiger partial charge is 0.0477 e. The number of nitrogens with zero attached hydrogens (tertiary/aromatic N) is 1. The third kappa shape index (κ3) is 2.76. The molecule has 1 unspecified atom stereocenters. The van der Waals surface area contributed by atoms with Gasteiger partial charge in [0.25, 0.3) is 0 Å². The van der Waals surface area contributed by atoms with Gasteiger partial charge in [0.2, 0.25) is 0 Å². The summed E-state index contributed by atoms with van der Waals surface area (Å²) in [5, 5.41) is 0. The van der Waals surface area contributed by atoms with E-state index in [1.54, 1.807) is 7.11 Å². The lowest BCUT2D eigenvalue weighted by Crippen LogP contribution is -2.39. The van der Waals surface area contributed by atoms with Crippen LogP contribution in [0.5, 0.6) is 0 Å². The zero-order valence-corrected chi connectivity index (χ0v) is 8.38. The summed E-state index contributed by atoms with van der Waals surface area (Å²) in [4.78, 5) is 2.59. The highest BCUT2D eigenvalue weighted by Crippen LogP contribution is 2.18. The van der Waals surface area contributed by atoms with Gasteiger partial charge in [0.15, 0.2) is 0 Å². The van der Waals surface area contributed by atoms with E-state index in [4.69, 9.17) is 4.74 Å². The number of methoxy groups -OCH3 is 1. The van der Waals surface area contributed by atoms with Crippen molar-refractivity contribution in [1.82, 2.24) is 4.90 Å². The second-order valence-corrected chi connectivity index (χ2v) is 3.56. The first-order valence-electron chi connectivity index (χ1n) is 5.11. The maximum Gasteiger partial charge on any atom is 0.0477 e. The molecule has 0 amide bonds. The maximum absolute atomic E-state index is 5.11. The van der Waals surface area contributed by atoms with Gasteiger partial charge in [-0.1, -0.05) is 13.3 Å². The Morgan fingerprint density at radius 2 is 2.25 bits per heavy atom. The van der Waals surface area contributed by atoms with E-state index in [0.29, 0.717) is 0 Å². The van der Waals surface area contributed by atoms with Crippen LogP contribution in [0.3, 0.4) is 0 Å². The van der Waals surface area contributed by atoms with Crippen LogP contribution in [0.1, 0.15) is 32.6 Å². The molecule has 1 rings (SSSR count). The summed E-state index contributed by atoms with van der Waals surface area (Å²) in [5.74, 6) is 0. The van der Waals surface area contributed by atoms with Crippen molar-refractivity contribution in [2.45, 2.75) is 38.6 Å². The van der Waals surface area contributed by atoms with Crippen molar-refractivity contribution >= 4 is 0 Å². The molecule has 0 aliphatic carbocycles. The van der Waals surface area contributed by atoms with E-state index in [-0.39, 0.29) is 0 Å². The van der Waals surface area contributed by atoms with Gasteiger partial charge in [-0.2, -0.15) is 0 Å². The highest BCUT2D eigenvalue weighted by Gasteiger charge is 2.19. The molecule has 1 heterocycles. The van der Waals surface area contributed by atoms with Crippen LogP contribution in [-0.2, 0) is 4.74 Å². The molecule has 1 aliphatic rings. The molecule has 1 saturated heterocycles. The van der Waals surface area contributed by atoms with Gasteiger partial charge < -0.3 is 9.64 Å². The summed E-state index contributed by atoms with van der Waals surface area (Å²) in [6.07, 6.45) is 5.38. The second-order valence-electron chi connectivity index (χ2n) is 3.56. The van der Waals surface area contributed by atoms with Gasteiger partial charge in [0, 0.05) is 19.8 Å². The Labute approximate surface area is 75.9 Å². The fraction of sp³-hybridized carbons (Fsp3) is 1.00. The average Bonchev–Trinajstić information content (AvgIpc) is 2.15. The lowest BCUT2D eigenvalue weighted by Gasteiger charge is -2.34. The second kappa shape index (κ2) is 5.55. The molecule has 2 nitrogen and oxygen atoms in total. The molecule has 0 radical (unpaired) electrons. The minimum Gasteiger partial charge on any atom is -0.385 e. The summed E-state index contributed by atoms with van der Waals surface area (Å²) in [6, 6.07) is 0.795. The van der Waals surface area contributed by atoms with E-state index in [2.05, 4.69) is 11.8 Å². The highest BCUT2D eigenvalue weighted by atomic mass is 16.5. The monoisotopic (exact) mass is 171 g/mol. The SMILES string of the molecule is CCN1CCCCC1CCOC. The molecular weight excluding hydrogens is 150 g/mol. The van der Waals surface area contributed by atoms with Gasteiger partial charge in [-0.3, -0.25) is 0 Å². The fourth-order valence-corrected chi connectivity index (χ4v) is 2.06. The minimum atomic E-state index is 0.795. The predicted octanol–water partition coefficient (Wildman–Crippen LogP) is 1.90. The molecule has 0 aromatic carbocycles. The molecule has 0 N–H and O–H groups in total. The van der Waals surface area contributed by atoms with Crippen molar-refractivity contribution in [2.75, 3.05) is 26.8 Å². The lowest BCUT2D eigenvalue weighted by molar-refractivity contribution is 0.107. The van der Waals surface area contributed by atoms with Crippen molar-refractivity contribution in [2.24, 2.45) is 0 Å². The number of hydrogen-bond acceptors (Lipinski definition) is 2. The standard InChI is InChI=1S/C10H21NO/c1-3-11-8-5-4-6-10(11)7-9-12-2/h10H,3-9H2,1-2H3. The van der Waals surface area contributed by atoms with Gasteiger partial charge in [0.1, 0.15) is 0 Å². The first-order valence-corrected chi connectivity index (χ1v) is 5.11. The minimum absolute atomic E-state index is 0.795. The van der Waals surface area contributed by atoms with Gasteiger partial charge in [0.05, 0.1) is 0 Å². The van der Waals surface area contributed by atoms with E-state index in [9.17, 15) is 0 Å². The Hall–Kier alpha value is -0.0800. The van der Waals surface area contributed by atoms with Crippen LogP contribution in [0, 0.1) is 0 Å². The molecule has 1 atom stereocenters. The van der Waals surface area contributed by atoms with Gasteiger partial charge >= 0.3 is 0 Å². The first kappa shape index (κ1) is 10.0. The lowest BCUT2D eigenvalue weighted by atomic mass is 10.00. The zero-order chi connectivity index (χ0) is 8.81. The number of ether oxygens (including phenoxy) is 1. The van der Waals surface area contributed by atoms with Crippen LogP contribution < -0.4 is 0 Å². The molecule has 0 bridgehead atoms. The van der Waals surface area contributed by atoms with E-state index in [1.807, 2.05) is 0 Å². The average molecular weight is 171 g/mol. The summed E-state index contributed by atoms with van der Waals surface area (Å²) in [7, 11) is 1.79. The number of rotatable bonds is 4. The highest BCUT2D eigenvalue weighted by molar-refractivity contribution is 4.75. The van der Waals surface area contributed by atoms with Crippen LogP contribution >= 0.6 is 0 Å². The topological polar surface area (TPSA) is 12.5 Å². The van der Waals surface area contributed by atoms with Crippen molar-refractivity contribution in [3.63, 3.8) is 0 Å². The Kier molecular flexibility index (Phi) is 4.62. The molecule has 2 heteroatoms. The van der Waals surface area contributed by atoms with Crippen LogP contribution in [0.15, 0.2) is 0 Å². The third-order valence-corrected chi connectivity index (χ3v) is 2.81. The first-order chi connectivity index (χ1) is 5.88. The molecule has 0 aromatic heterocycles. The fourth-order valence-electron chi connectivity index (χ4n) is 2.06. The Morgan fingerprint density at radius 1 is 1.42 bits per heavy atom. The maximum atomic E-state index is 5.11. The largest absolute Gasteiger partial charge is 0.385 e. The van der Waals surface area contributed by atoms with Gasteiger partial charge in [-0.05, 0) is 32.4 Å². The molecular formula is C10H21NO. The van der Waals surface area contributed by atoms with Crippen LogP contribution in [0.2, 0.25) is 0 Å².